The Bertz CT molecular complexity index is 759. The predicted molar refractivity (Wildman–Crippen MR) is 109 cm³/mol. The summed E-state index contributed by atoms with van der Waals surface area (Å²) in [5, 5.41) is 2.94. The summed E-state index contributed by atoms with van der Waals surface area (Å²) in [6.45, 7) is 3.14. The van der Waals surface area contributed by atoms with Gasteiger partial charge in [-0.2, -0.15) is 0 Å². The number of nitrogens with one attached hydrogen (secondary N) is 1. The largest absolute Gasteiger partial charge is 0.492 e. The number of allylic oxidation sites excluding steroid dienone is 1. The number of carbonyl (C=O) groups is 1. The zero-order valence-electron chi connectivity index (χ0n) is 16.2. The average Bonchev–Trinajstić information content (AvgIpc) is 2.64. The molecule has 0 atom stereocenters. The minimum atomic E-state index is -3.47. The molecule has 0 saturated carbocycles. The number of sulfonamides is 1. The second-order valence-corrected chi connectivity index (χ2v) is 8.63. The van der Waals surface area contributed by atoms with Gasteiger partial charge in [0.05, 0.1) is 18.6 Å². The molecule has 1 aromatic rings. The summed E-state index contributed by atoms with van der Waals surface area (Å²) in [4.78, 5) is 12.1. The van der Waals surface area contributed by atoms with E-state index in [4.69, 9.17) is 4.74 Å². The molecule has 1 N–H and O–H groups in total. The number of benzene rings is 1. The molecule has 1 aliphatic carbocycles. The van der Waals surface area contributed by atoms with Crippen molar-refractivity contribution in [3.63, 3.8) is 0 Å². The monoisotopic (exact) mass is 394 g/mol. The van der Waals surface area contributed by atoms with Crippen molar-refractivity contribution in [1.82, 2.24) is 5.32 Å². The van der Waals surface area contributed by atoms with Crippen LogP contribution in [-0.4, -0.2) is 40.3 Å². The highest BCUT2D eigenvalue weighted by molar-refractivity contribution is 7.92. The second kappa shape index (κ2) is 10.3. The molecule has 1 amide bonds. The Morgan fingerprint density at radius 3 is 2.70 bits per heavy atom. The van der Waals surface area contributed by atoms with Crippen molar-refractivity contribution < 1.29 is 17.9 Å². The summed E-state index contributed by atoms with van der Waals surface area (Å²) in [6, 6.07) is 7.06. The van der Waals surface area contributed by atoms with Gasteiger partial charge in [0.1, 0.15) is 5.75 Å². The number of carbonyl (C=O) groups excluding carboxylic acids is 1. The summed E-state index contributed by atoms with van der Waals surface area (Å²) in [5.41, 5.74) is 1.80. The Hall–Kier alpha value is -2.02. The highest BCUT2D eigenvalue weighted by atomic mass is 32.2. The van der Waals surface area contributed by atoms with E-state index in [0.29, 0.717) is 31.0 Å². The van der Waals surface area contributed by atoms with Crippen molar-refractivity contribution in [3.05, 3.63) is 35.9 Å². The van der Waals surface area contributed by atoms with Gasteiger partial charge in [0.25, 0.3) is 0 Å². The van der Waals surface area contributed by atoms with E-state index in [2.05, 4.69) is 11.4 Å². The Kier molecular flexibility index (Phi) is 8.16. The van der Waals surface area contributed by atoms with Crippen LogP contribution in [0.3, 0.4) is 0 Å². The predicted octanol–water partition coefficient (Wildman–Crippen LogP) is 3.25. The van der Waals surface area contributed by atoms with E-state index in [9.17, 15) is 13.2 Å². The quantitative estimate of drug-likeness (QED) is 0.618. The molecule has 0 radical (unpaired) electrons. The van der Waals surface area contributed by atoms with Crippen LogP contribution >= 0.6 is 0 Å². The molecule has 150 valence electrons. The lowest BCUT2D eigenvalue weighted by molar-refractivity contribution is -0.120. The fourth-order valence-corrected chi connectivity index (χ4v) is 4.12. The maximum atomic E-state index is 12.3. The third-order valence-electron chi connectivity index (χ3n) is 4.50. The van der Waals surface area contributed by atoms with Gasteiger partial charge < -0.3 is 10.1 Å². The van der Waals surface area contributed by atoms with Gasteiger partial charge >= 0.3 is 0 Å². The number of rotatable bonds is 10. The molecule has 0 bridgehead atoms. The van der Waals surface area contributed by atoms with Crippen LogP contribution < -0.4 is 14.4 Å². The molecule has 2 rings (SSSR count). The van der Waals surface area contributed by atoms with Crippen LogP contribution in [0.1, 0.15) is 45.4 Å². The Labute approximate surface area is 162 Å². The summed E-state index contributed by atoms with van der Waals surface area (Å²) in [5.74, 6) is 0.479. The average molecular weight is 395 g/mol. The van der Waals surface area contributed by atoms with Gasteiger partial charge in [0.2, 0.25) is 15.9 Å². The summed E-state index contributed by atoms with van der Waals surface area (Å²) >= 11 is 0. The SMILES string of the molecule is CCOc1ccccc1N(CCCC(=O)NCC1=CCCCC1)S(C)(=O)=O. The fraction of sp³-hybridized carbons (Fsp3) is 0.550. The summed E-state index contributed by atoms with van der Waals surface area (Å²) in [7, 11) is -3.47. The Balaban J connectivity index is 1.92. The van der Waals surface area contributed by atoms with Gasteiger partial charge in [-0.05, 0) is 51.2 Å². The van der Waals surface area contributed by atoms with Gasteiger partial charge in [-0.25, -0.2) is 8.42 Å². The van der Waals surface area contributed by atoms with Crippen LogP contribution in [0, 0.1) is 0 Å². The van der Waals surface area contributed by atoms with E-state index < -0.39 is 10.0 Å². The molecule has 6 nitrogen and oxygen atoms in total. The van der Waals surface area contributed by atoms with E-state index >= 15 is 0 Å². The van der Waals surface area contributed by atoms with E-state index in [1.165, 1.54) is 29.0 Å². The van der Waals surface area contributed by atoms with E-state index in [1.807, 2.05) is 13.0 Å². The number of nitrogens with zero attached hydrogens (tertiary/aromatic N) is 1. The fourth-order valence-electron chi connectivity index (χ4n) is 3.15. The van der Waals surface area contributed by atoms with Crippen LogP contribution in [0.15, 0.2) is 35.9 Å². The van der Waals surface area contributed by atoms with Crippen molar-refractivity contribution in [2.75, 3.05) is 30.3 Å². The lowest BCUT2D eigenvalue weighted by atomic mass is 10.00. The Morgan fingerprint density at radius 1 is 1.26 bits per heavy atom. The minimum absolute atomic E-state index is 0.0481. The van der Waals surface area contributed by atoms with Crippen LogP contribution in [0.4, 0.5) is 5.69 Å². The molecule has 1 aromatic carbocycles. The van der Waals surface area contributed by atoms with Crippen LogP contribution in [-0.2, 0) is 14.8 Å². The van der Waals surface area contributed by atoms with Gasteiger partial charge in [0.15, 0.2) is 0 Å². The van der Waals surface area contributed by atoms with Gasteiger partial charge in [0, 0.05) is 19.5 Å². The van der Waals surface area contributed by atoms with Crippen LogP contribution in [0.2, 0.25) is 0 Å². The maximum Gasteiger partial charge on any atom is 0.232 e. The number of hydrogen-bond donors (Lipinski definition) is 1. The normalized spacial score (nSPS) is 14.4. The minimum Gasteiger partial charge on any atom is -0.492 e. The number of amides is 1. The Morgan fingerprint density at radius 2 is 2.04 bits per heavy atom. The zero-order chi connectivity index (χ0) is 19.7. The summed E-state index contributed by atoms with van der Waals surface area (Å²) in [6.07, 6.45) is 8.66. The standard InChI is InChI=1S/C20H30N2O4S/c1-3-26-19-13-8-7-12-18(19)22(27(2,24)25)15-9-14-20(23)21-16-17-10-5-4-6-11-17/h7-8,10,12-13H,3-6,9,11,14-16H2,1-2H3,(H,21,23). The van der Waals surface area contributed by atoms with Crippen molar-refractivity contribution in [2.24, 2.45) is 0 Å². The maximum absolute atomic E-state index is 12.3. The van der Waals surface area contributed by atoms with E-state index in [1.54, 1.807) is 18.2 Å². The lowest BCUT2D eigenvalue weighted by Crippen LogP contribution is -2.32. The first kappa shape index (κ1) is 21.3. The van der Waals surface area contributed by atoms with E-state index in [0.717, 1.165) is 12.8 Å². The van der Waals surface area contributed by atoms with E-state index in [-0.39, 0.29) is 18.9 Å². The first-order valence-corrected chi connectivity index (χ1v) is 11.4. The summed E-state index contributed by atoms with van der Waals surface area (Å²) < 4.78 is 31.4. The zero-order valence-corrected chi connectivity index (χ0v) is 17.1. The molecular formula is C20H30N2O4S. The third-order valence-corrected chi connectivity index (χ3v) is 5.68. The second-order valence-electron chi connectivity index (χ2n) is 6.72. The van der Waals surface area contributed by atoms with Crippen LogP contribution in [0.5, 0.6) is 5.75 Å². The number of para-hydroxylation sites is 2. The molecule has 0 aromatic heterocycles. The first-order valence-electron chi connectivity index (χ1n) is 9.56. The molecule has 1 aliphatic rings. The number of ether oxygens (including phenoxy) is 1. The lowest BCUT2D eigenvalue weighted by Gasteiger charge is -2.24. The molecule has 0 saturated heterocycles. The first-order chi connectivity index (χ1) is 12.9. The van der Waals surface area contributed by atoms with Gasteiger partial charge in [-0.3, -0.25) is 9.10 Å². The van der Waals surface area contributed by atoms with Gasteiger partial charge in [-0.15, -0.1) is 0 Å². The molecule has 0 unspecified atom stereocenters. The van der Waals surface area contributed by atoms with Crippen molar-refractivity contribution >= 4 is 21.6 Å². The smallest absolute Gasteiger partial charge is 0.232 e. The van der Waals surface area contributed by atoms with Crippen LogP contribution in [0.25, 0.3) is 0 Å². The van der Waals surface area contributed by atoms with Crippen molar-refractivity contribution in [2.45, 2.75) is 45.4 Å². The molecule has 0 spiro atoms. The highest BCUT2D eigenvalue weighted by Gasteiger charge is 2.21. The molecule has 0 fully saturated rings. The topological polar surface area (TPSA) is 75.7 Å². The molecule has 0 heterocycles. The van der Waals surface area contributed by atoms with Crippen molar-refractivity contribution in [1.29, 1.82) is 0 Å². The molecule has 0 aliphatic heterocycles. The molecule has 7 heteroatoms. The molecular weight excluding hydrogens is 364 g/mol. The molecule has 27 heavy (non-hydrogen) atoms. The van der Waals surface area contributed by atoms with Gasteiger partial charge in [-0.1, -0.05) is 23.8 Å². The highest BCUT2D eigenvalue weighted by Crippen LogP contribution is 2.30. The van der Waals surface area contributed by atoms with Crippen molar-refractivity contribution in [3.8, 4) is 5.75 Å². The third kappa shape index (κ3) is 6.90. The number of anilines is 1. The number of hydrogen-bond acceptors (Lipinski definition) is 4.